The van der Waals surface area contributed by atoms with E-state index in [2.05, 4.69) is 5.32 Å². The minimum Gasteiger partial charge on any atom is -0.399 e. The molecule has 0 saturated heterocycles. The van der Waals surface area contributed by atoms with Crippen LogP contribution in [0, 0.1) is 17.1 Å². The van der Waals surface area contributed by atoms with E-state index >= 15 is 0 Å². The fourth-order valence-electron chi connectivity index (χ4n) is 1.76. The average molecular weight is 269 g/mol. The van der Waals surface area contributed by atoms with Crippen LogP contribution in [0.5, 0.6) is 0 Å². The van der Waals surface area contributed by atoms with Crippen LogP contribution in [0.25, 0.3) is 0 Å². The number of benzene rings is 2. The number of halogens is 1. The Labute approximate surface area is 115 Å². The average Bonchev–Trinajstić information content (AvgIpc) is 2.42. The number of nitriles is 1. The van der Waals surface area contributed by atoms with E-state index in [9.17, 15) is 9.18 Å². The third-order valence-electron chi connectivity index (χ3n) is 2.74. The Bertz CT molecular complexity index is 675. The van der Waals surface area contributed by atoms with Gasteiger partial charge in [0.1, 0.15) is 17.4 Å². The van der Waals surface area contributed by atoms with E-state index in [0.717, 1.165) is 5.56 Å². The van der Waals surface area contributed by atoms with Gasteiger partial charge in [-0.25, -0.2) is 4.39 Å². The Morgan fingerprint density at radius 1 is 1.25 bits per heavy atom. The molecule has 0 saturated carbocycles. The molecule has 5 heteroatoms. The maximum atomic E-state index is 13.4. The lowest BCUT2D eigenvalue weighted by molar-refractivity contribution is -0.115. The Hall–Kier alpha value is -2.87. The van der Waals surface area contributed by atoms with Crippen LogP contribution in [0.1, 0.15) is 11.1 Å². The van der Waals surface area contributed by atoms with Gasteiger partial charge in [-0.15, -0.1) is 0 Å². The van der Waals surface area contributed by atoms with Crippen LogP contribution < -0.4 is 11.1 Å². The molecule has 4 nitrogen and oxygen atoms in total. The van der Waals surface area contributed by atoms with E-state index in [1.54, 1.807) is 30.3 Å². The van der Waals surface area contributed by atoms with Crippen molar-refractivity contribution >= 4 is 17.3 Å². The van der Waals surface area contributed by atoms with E-state index in [4.69, 9.17) is 11.0 Å². The fraction of sp³-hybridized carbons (Fsp3) is 0.0667. The first-order chi connectivity index (χ1) is 9.60. The van der Waals surface area contributed by atoms with E-state index in [-0.39, 0.29) is 23.6 Å². The van der Waals surface area contributed by atoms with Crippen LogP contribution in [0.2, 0.25) is 0 Å². The van der Waals surface area contributed by atoms with Crippen molar-refractivity contribution < 1.29 is 9.18 Å². The standard InChI is InChI=1S/C15H12FN3O/c16-13-2-1-3-14(12(13)9-17)19-15(20)8-10-4-6-11(18)7-5-10/h1-7H,8,18H2,(H,19,20). The van der Waals surface area contributed by atoms with Crippen molar-refractivity contribution in [1.82, 2.24) is 0 Å². The van der Waals surface area contributed by atoms with Gasteiger partial charge in [-0.05, 0) is 29.8 Å². The predicted molar refractivity (Wildman–Crippen MR) is 74.3 cm³/mol. The van der Waals surface area contributed by atoms with Gasteiger partial charge in [0.25, 0.3) is 0 Å². The molecular formula is C15H12FN3O. The molecule has 100 valence electrons. The van der Waals surface area contributed by atoms with Crippen molar-refractivity contribution in [2.45, 2.75) is 6.42 Å². The molecule has 20 heavy (non-hydrogen) atoms. The molecule has 0 spiro atoms. The summed E-state index contributed by atoms with van der Waals surface area (Å²) in [5, 5.41) is 11.4. The van der Waals surface area contributed by atoms with Crippen LogP contribution in [-0.4, -0.2) is 5.91 Å². The van der Waals surface area contributed by atoms with Crippen LogP contribution in [0.15, 0.2) is 42.5 Å². The van der Waals surface area contributed by atoms with Gasteiger partial charge >= 0.3 is 0 Å². The van der Waals surface area contributed by atoms with Gasteiger partial charge < -0.3 is 11.1 Å². The summed E-state index contributed by atoms with van der Waals surface area (Å²) in [5.41, 5.74) is 6.96. The number of nitrogens with two attached hydrogens (primary N) is 1. The number of anilines is 2. The first-order valence-corrected chi connectivity index (χ1v) is 5.93. The highest BCUT2D eigenvalue weighted by Crippen LogP contribution is 2.18. The van der Waals surface area contributed by atoms with Crippen LogP contribution in [0.3, 0.4) is 0 Å². The molecule has 0 aromatic heterocycles. The van der Waals surface area contributed by atoms with Gasteiger partial charge in [-0.3, -0.25) is 4.79 Å². The Balaban J connectivity index is 2.11. The third kappa shape index (κ3) is 3.12. The number of carbonyl (C=O) groups excluding carboxylic acids is 1. The van der Waals surface area contributed by atoms with Gasteiger partial charge in [-0.1, -0.05) is 18.2 Å². The van der Waals surface area contributed by atoms with Crippen LogP contribution in [0.4, 0.5) is 15.8 Å². The van der Waals surface area contributed by atoms with E-state index < -0.39 is 5.82 Å². The van der Waals surface area contributed by atoms with E-state index in [1.165, 1.54) is 18.2 Å². The molecule has 0 fully saturated rings. The topological polar surface area (TPSA) is 78.9 Å². The highest BCUT2D eigenvalue weighted by Gasteiger charge is 2.11. The van der Waals surface area contributed by atoms with Gasteiger partial charge in [0.2, 0.25) is 5.91 Å². The maximum Gasteiger partial charge on any atom is 0.228 e. The zero-order valence-corrected chi connectivity index (χ0v) is 10.6. The molecule has 0 heterocycles. The van der Waals surface area contributed by atoms with Gasteiger partial charge in [-0.2, -0.15) is 5.26 Å². The number of rotatable bonds is 3. The molecule has 0 aliphatic heterocycles. The fourth-order valence-corrected chi connectivity index (χ4v) is 1.76. The van der Waals surface area contributed by atoms with Crippen molar-refractivity contribution in [3.8, 4) is 6.07 Å². The van der Waals surface area contributed by atoms with E-state index in [0.29, 0.717) is 5.69 Å². The molecule has 1 amide bonds. The summed E-state index contributed by atoms with van der Waals surface area (Å²) in [5.74, 6) is -0.977. The molecule has 0 radical (unpaired) electrons. The summed E-state index contributed by atoms with van der Waals surface area (Å²) in [4.78, 5) is 11.9. The number of hydrogen-bond acceptors (Lipinski definition) is 3. The molecule has 0 atom stereocenters. The van der Waals surface area contributed by atoms with Crippen molar-refractivity contribution in [1.29, 1.82) is 5.26 Å². The molecule has 3 N–H and O–H groups in total. The van der Waals surface area contributed by atoms with Crippen molar-refractivity contribution in [2.75, 3.05) is 11.1 Å². The molecule has 0 unspecified atom stereocenters. The summed E-state index contributed by atoms with van der Waals surface area (Å²) in [6.45, 7) is 0. The second-order valence-electron chi connectivity index (χ2n) is 4.24. The smallest absolute Gasteiger partial charge is 0.228 e. The number of nitrogens with one attached hydrogen (secondary N) is 1. The van der Waals surface area contributed by atoms with Gasteiger partial charge in [0.15, 0.2) is 0 Å². The molecular weight excluding hydrogens is 257 g/mol. The highest BCUT2D eigenvalue weighted by molar-refractivity contribution is 5.93. The Morgan fingerprint density at radius 2 is 1.95 bits per heavy atom. The monoisotopic (exact) mass is 269 g/mol. The maximum absolute atomic E-state index is 13.4. The van der Waals surface area contributed by atoms with Crippen LogP contribution in [-0.2, 0) is 11.2 Å². The minimum atomic E-state index is -0.655. The molecule has 0 aliphatic rings. The third-order valence-corrected chi connectivity index (χ3v) is 2.74. The summed E-state index contributed by atoms with van der Waals surface area (Å²) in [6, 6.07) is 12.7. The molecule has 2 aromatic rings. The number of nitrogens with zero attached hydrogens (tertiary/aromatic N) is 1. The molecule has 0 aliphatic carbocycles. The Kier molecular flexibility index (Phi) is 3.96. The van der Waals surface area contributed by atoms with E-state index in [1.807, 2.05) is 0 Å². The first-order valence-electron chi connectivity index (χ1n) is 5.93. The second-order valence-corrected chi connectivity index (χ2v) is 4.24. The quantitative estimate of drug-likeness (QED) is 0.840. The SMILES string of the molecule is N#Cc1c(F)cccc1NC(=O)Cc1ccc(N)cc1. The zero-order chi connectivity index (χ0) is 14.5. The lowest BCUT2D eigenvalue weighted by atomic mass is 10.1. The number of nitrogen functional groups attached to an aromatic ring is 1. The lowest BCUT2D eigenvalue weighted by Gasteiger charge is -2.07. The van der Waals surface area contributed by atoms with Crippen LogP contribution >= 0.6 is 0 Å². The number of hydrogen-bond donors (Lipinski definition) is 2. The van der Waals surface area contributed by atoms with Crippen molar-refractivity contribution in [3.63, 3.8) is 0 Å². The highest BCUT2D eigenvalue weighted by atomic mass is 19.1. The van der Waals surface area contributed by atoms with Crippen molar-refractivity contribution in [2.24, 2.45) is 0 Å². The number of amides is 1. The predicted octanol–water partition coefficient (Wildman–Crippen LogP) is 2.46. The largest absolute Gasteiger partial charge is 0.399 e. The van der Waals surface area contributed by atoms with Crippen molar-refractivity contribution in [3.05, 3.63) is 59.4 Å². The zero-order valence-electron chi connectivity index (χ0n) is 10.6. The van der Waals surface area contributed by atoms with Gasteiger partial charge in [0.05, 0.1) is 12.1 Å². The Morgan fingerprint density at radius 3 is 2.60 bits per heavy atom. The summed E-state index contributed by atoms with van der Waals surface area (Å²) in [6.07, 6.45) is 0.127. The summed E-state index contributed by atoms with van der Waals surface area (Å²) in [7, 11) is 0. The summed E-state index contributed by atoms with van der Waals surface area (Å²) < 4.78 is 13.4. The molecule has 2 rings (SSSR count). The summed E-state index contributed by atoms with van der Waals surface area (Å²) >= 11 is 0. The lowest BCUT2D eigenvalue weighted by Crippen LogP contribution is -2.15. The first kappa shape index (κ1) is 13.6. The second kappa shape index (κ2) is 5.85. The minimum absolute atomic E-state index is 0.127. The normalized spacial score (nSPS) is 9.80. The van der Waals surface area contributed by atoms with Gasteiger partial charge in [0, 0.05) is 5.69 Å². The number of carbonyl (C=O) groups is 1. The molecule has 2 aromatic carbocycles. The molecule has 0 bridgehead atoms.